The molecule has 3 heteroatoms. The lowest BCUT2D eigenvalue weighted by molar-refractivity contribution is -0.128. The highest BCUT2D eigenvalue weighted by Gasteiger charge is 1.96. The summed E-state index contributed by atoms with van der Waals surface area (Å²) in [6, 6.07) is 0. The summed E-state index contributed by atoms with van der Waals surface area (Å²) >= 11 is 0. The number of ether oxygens (including phenoxy) is 2. The summed E-state index contributed by atoms with van der Waals surface area (Å²) in [5.41, 5.74) is 0. The van der Waals surface area contributed by atoms with E-state index >= 15 is 0 Å². The molecule has 0 fully saturated rings. The highest BCUT2D eigenvalue weighted by molar-refractivity contribution is 5.36. The van der Waals surface area contributed by atoms with Crippen LogP contribution in [0.2, 0.25) is 0 Å². The minimum Gasteiger partial charge on any atom is -0.468 e. The van der Waals surface area contributed by atoms with Crippen LogP contribution in [0.15, 0.2) is 0 Å². The van der Waals surface area contributed by atoms with Gasteiger partial charge < -0.3 is 9.47 Å². The van der Waals surface area contributed by atoms with Crippen LogP contribution in [-0.2, 0) is 14.3 Å². The molecule has 0 rings (SSSR count). The van der Waals surface area contributed by atoms with Crippen LogP contribution in [0.25, 0.3) is 0 Å². The second-order valence-corrected chi connectivity index (χ2v) is 3.12. The van der Waals surface area contributed by atoms with Crippen LogP contribution in [0.4, 0.5) is 0 Å². The molecule has 1 unspecified atom stereocenters. The zero-order valence-electron chi connectivity index (χ0n) is 8.62. The molecule has 13 heavy (non-hydrogen) atoms. The van der Waals surface area contributed by atoms with Crippen molar-refractivity contribution in [3.05, 3.63) is 0 Å². The molecular formula is C10H20O3. The van der Waals surface area contributed by atoms with Crippen LogP contribution in [0.1, 0.15) is 39.5 Å². The van der Waals surface area contributed by atoms with Gasteiger partial charge in [-0.25, -0.2) is 0 Å². The summed E-state index contributed by atoms with van der Waals surface area (Å²) in [4.78, 5) is 9.77. The fraction of sp³-hybridized carbons (Fsp3) is 0.900. The number of hydrogen-bond acceptors (Lipinski definition) is 3. The van der Waals surface area contributed by atoms with Crippen molar-refractivity contribution in [1.82, 2.24) is 0 Å². The third kappa shape index (κ3) is 9.34. The quantitative estimate of drug-likeness (QED) is 0.411. The Morgan fingerprint density at radius 1 is 1.23 bits per heavy atom. The van der Waals surface area contributed by atoms with Crippen molar-refractivity contribution in [3.63, 3.8) is 0 Å². The Labute approximate surface area is 80.4 Å². The normalized spacial score (nSPS) is 12.5. The Balaban J connectivity index is 2.95. The Hall–Kier alpha value is -0.570. The first-order valence-corrected chi connectivity index (χ1v) is 4.98. The minimum absolute atomic E-state index is 0.367. The third-order valence-corrected chi connectivity index (χ3v) is 1.95. The molecule has 78 valence electrons. The Morgan fingerprint density at radius 3 is 2.54 bits per heavy atom. The van der Waals surface area contributed by atoms with E-state index in [-0.39, 0.29) is 0 Å². The maximum atomic E-state index is 9.77. The summed E-state index contributed by atoms with van der Waals surface area (Å²) in [5, 5.41) is 0. The van der Waals surface area contributed by atoms with Gasteiger partial charge in [0.25, 0.3) is 6.47 Å². The van der Waals surface area contributed by atoms with Crippen LogP contribution in [0, 0.1) is 0 Å². The minimum atomic E-state index is 0.367. The Kier molecular flexibility index (Phi) is 9.10. The molecule has 0 aromatic rings. The fourth-order valence-electron chi connectivity index (χ4n) is 0.915. The molecule has 0 saturated heterocycles. The average molecular weight is 188 g/mol. The van der Waals surface area contributed by atoms with Crippen LogP contribution in [0.5, 0.6) is 0 Å². The zero-order valence-corrected chi connectivity index (χ0v) is 8.62. The second-order valence-electron chi connectivity index (χ2n) is 3.12. The van der Waals surface area contributed by atoms with Crippen LogP contribution < -0.4 is 0 Å². The van der Waals surface area contributed by atoms with E-state index in [2.05, 4.69) is 18.6 Å². The molecule has 0 aliphatic heterocycles. The van der Waals surface area contributed by atoms with E-state index in [0.29, 0.717) is 19.2 Å². The lowest BCUT2D eigenvalue weighted by atomic mass is 10.2. The number of unbranched alkanes of at least 4 members (excludes halogenated alkanes) is 2. The molecule has 0 aliphatic carbocycles. The standard InChI is InChI=1S/C10H20O3/c1-3-10(2)13-8-6-4-5-7-12-9-11/h9-10H,3-8H2,1-2H3. The van der Waals surface area contributed by atoms with Gasteiger partial charge in [-0.2, -0.15) is 0 Å². The van der Waals surface area contributed by atoms with Crippen molar-refractivity contribution in [1.29, 1.82) is 0 Å². The molecule has 0 saturated carbocycles. The first-order chi connectivity index (χ1) is 6.31. The van der Waals surface area contributed by atoms with E-state index in [4.69, 9.17) is 4.74 Å². The van der Waals surface area contributed by atoms with Crippen molar-refractivity contribution in [2.75, 3.05) is 13.2 Å². The van der Waals surface area contributed by atoms with Gasteiger partial charge in [-0.3, -0.25) is 4.79 Å². The van der Waals surface area contributed by atoms with Crippen LogP contribution in [0.3, 0.4) is 0 Å². The highest BCUT2D eigenvalue weighted by Crippen LogP contribution is 2.00. The van der Waals surface area contributed by atoms with Crippen LogP contribution >= 0.6 is 0 Å². The molecule has 0 aliphatic rings. The van der Waals surface area contributed by atoms with Gasteiger partial charge in [0.05, 0.1) is 12.7 Å². The van der Waals surface area contributed by atoms with Gasteiger partial charge in [0, 0.05) is 6.61 Å². The van der Waals surface area contributed by atoms with E-state index in [1.807, 2.05) is 0 Å². The lowest BCUT2D eigenvalue weighted by Gasteiger charge is -2.09. The fourth-order valence-corrected chi connectivity index (χ4v) is 0.915. The van der Waals surface area contributed by atoms with E-state index in [9.17, 15) is 4.79 Å². The maximum Gasteiger partial charge on any atom is 0.293 e. The summed E-state index contributed by atoms with van der Waals surface area (Å²) < 4.78 is 10.0. The van der Waals surface area contributed by atoms with Gasteiger partial charge in [0.2, 0.25) is 0 Å². The summed E-state index contributed by atoms with van der Waals surface area (Å²) in [6.07, 6.45) is 4.47. The number of carbonyl (C=O) groups excluding carboxylic acids is 1. The summed E-state index contributed by atoms with van der Waals surface area (Å²) in [7, 11) is 0. The predicted molar refractivity (Wildman–Crippen MR) is 51.6 cm³/mol. The van der Waals surface area contributed by atoms with Crippen LogP contribution in [-0.4, -0.2) is 25.8 Å². The van der Waals surface area contributed by atoms with Gasteiger partial charge in [0.15, 0.2) is 0 Å². The first-order valence-electron chi connectivity index (χ1n) is 4.98. The van der Waals surface area contributed by atoms with Crippen molar-refractivity contribution in [2.24, 2.45) is 0 Å². The van der Waals surface area contributed by atoms with E-state index in [1.165, 1.54) is 0 Å². The molecule has 0 radical (unpaired) electrons. The first kappa shape index (κ1) is 12.4. The van der Waals surface area contributed by atoms with Gasteiger partial charge in [0.1, 0.15) is 0 Å². The molecule has 1 atom stereocenters. The van der Waals surface area contributed by atoms with Gasteiger partial charge in [-0.15, -0.1) is 0 Å². The highest BCUT2D eigenvalue weighted by atomic mass is 16.5. The lowest BCUT2D eigenvalue weighted by Crippen LogP contribution is -2.07. The van der Waals surface area contributed by atoms with E-state index in [0.717, 1.165) is 32.3 Å². The third-order valence-electron chi connectivity index (χ3n) is 1.95. The van der Waals surface area contributed by atoms with Gasteiger partial charge in [-0.05, 0) is 32.6 Å². The predicted octanol–water partition coefficient (Wildman–Crippen LogP) is 2.14. The van der Waals surface area contributed by atoms with Crippen molar-refractivity contribution in [3.8, 4) is 0 Å². The monoisotopic (exact) mass is 188 g/mol. The average Bonchev–Trinajstić information content (AvgIpc) is 2.16. The zero-order chi connectivity index (χ0) is 9.94. The molecule has 0 spiro atoms. The van der Waals surface area contributed by atoms with Gasteiger partial charge in [-0.1, -0.05) is 6.92 Å². The van der Waals surface area contributed by atoms with Gasteiger partial charge >= 0.3 is 0 Å². The second kappa shape index (κ2) is 9.52. The molecule has 0 aromatic carbocycles. The Bertz CT molecular complexity index is 115. The smallest absolute Gasteiger partial charge is 0.293 e. The number of carbonyl (C=O) groups is 1. The van der Waals surface area contributed by atoms with Crippen molar-refractivity contribution < 1.29 is 14.3 Å². The largest absolute Gasteiger partial charge is 0.468 e. The van der Waals surface area contributed by atoms with E-state index in [1.54, 1.807) is 0 Å². The Morgan fingerprint density at radius 2 is 1.92 bits per heavy atom. The molecule has 0 amide bonds. The molecular weight excluding hydrogens is 168 g/mol. The topological polar surface area (TPSA) is 35.5 Å². The number of hydrogen-bond donors (Lipinski definition) is 0. The molecule has 0 aromatic heterocycles. The summed E-state index contributed by atoms with van der Waals surface area (Å²) in [5.74, 6) is 0. The van der Waals surface area contributed by atoms with Crippen molar-refractivity contribution in [2.45, 2.75) is 45.6 Å². The van der Waals surface area contributed by atoms with E-state index < -0.39 is 0 Å². The molecule has 0 bridgehead atoms. The summed E-state index contributed by atoms with van der Waals surface area (Å²) in [6.45, 7) is 6.04. The SMILES string of the molecule is CCC(C)OCCCCCOC=O. The molecule has 3 nitrogen and oxygen atoms in total. The molecule has 0 N–H and O–H groups in total. The number of rotatable bonds is 9. The van der Waals surface area contributed by atoms with Crippen molar-refractivity contribution >= 4 is 6.47 Å². The molecule has 0 heterocycles. The maximum absolute atomic E-state index is 9.77.